The van der Waals surface area contributed by atoms with Gasteiger partial charge in [-0.2, -0.15) is 0 Å². The summed E-state index contributed by atoms with van der Waals surface area (Å²) in [4.78, 5) is 35.2. The molecule has 52 heavy (non-hydrogen) atoms. The van der Waals surface area contributed by atoms with Crippen molar-refractivity contribution in [1.29, 1.82) is 0 Å². The van der Waals surface area contributed by atoms with Crippen LogP contribution in [0, 0.1) is 0 Å². The molecule has 10 heteroatoms. The van der Waals surface area contributed by atoms with Crippen molar-refractivity contribution in [3.63, 3.8) is 0 Å². The van der Waals surface area contributed by atoms with E-state index in [0.29, 0.717) is 23.9 Å². The summed E-state index contributed by atoms with van der Waals surface area (Å²) >= 11 is 0. The molecule has 0 fully saturated rings. The quantitative estimate of drug-likeness (QED) is 0.0218. The third kappa shape index (κ3) is 38.2. The van der Waals surface area contributed by atoms with Crippen molar-refractivity contribution in [1.82, 2.24) is 0 Å². The number of hydrogen-bond acceptors (Lipinski definition) is 7. The number of quaternary nitrogens is 1. The maximum absolute atomic E-state index is 12.7. The second-order valence-electron chi connectivity index (χ2n) is 15.4. The number of carbonyl (C=O) groups excluding carboxylic acids is 2. The van der Waals surface area contributed by atoms with Crippen molar-refractivity contribution < 1.29 is 42.1 Å². The number of carbonyl (C=O) groups is 2. The number of nitrogens with zero attached hydrogens (tertiary/aromatic N) is 1. The molecule has 0 radical (unpaired) electrons. The van der Waals surface area contributed by atoms with Crippen molar-refractivity contribution in [2.24, 2.45) is 0 Å². The summed E-state index contributed by atoms with van der Waals surface area (Å²) in [6.07, 6.45) is 36.5. The topological polar surface area (TPSA) is 108 Å². The van der Waals surface area contributed by atoms with Crippen LogP contribution in [0.15, 0.2) is 24.3 Å². The maximum Gasteiger partial charge on any atom is 0.472 e. The molecule has 0 spiro atoms. The van der Waals surface area contributed by atoms with Crippen LogP contribution in [0.2, 0.25) is 0 Å². The minimum absolute atomic E-state index is 0.0324. The van der Waals surface area contributed by atoms with Gasteiger partial charge < -0.3 is 18.9 Å². The Morgan fingerprint density at radius 3 is 1.56 bits per heavy atom. The van der Waals surface area contributed by atoms with Gasteiger partial charge in [0.2, 0.25) is 0 Å². The van der Waals surface area contributed by atoms with Crippen molar-refractivity contribution in [2.75, 3.05) is 47.5 Å². The zero-order valence-electron chi connectivity index (χ0n) is 34.3. The van der Waals surface area contributed by atoms with Gasteiger partial charge in [0.25, 0.3) is 0 Å². The Hall–Kier alpha value is -1.51. The average molecular weight is 759 g/mol. The molecule has 0 bridgehead atoms. The molecule has 0 aromatic rings. The molecular weight excluding hydrogens is 677 g/mol. The lowest BCUT2D eigenvalue weighted by molar-refractivity contribution is -0.870. The Morgan fingerprint density at radius 2 is 1.04 bits per heavy atom. The number of phosphoric ester groups is 1. The van der Waals surface area contributed by atoms with E-state index in [4.69, 9.17) is 18.5 Å². The SMILES string of the molecule is CCCCC/C=C/C/C=C/CCCCCCCCCCCC(=O)O[C@H](COC(=O)CCCCCCCCCCC)COP(=O)(O)OCC[N+](C)(C)C. The van der Waals surface area contributed by atoms with E-state index in [1.165, 1.54) is 103 Å². The van der Waals surface area contributed by atoms with Crippen LogP contribution in [0.25, 0.3) is 0 Å². The van der Waals surface area contributed by atoms with Gasteiger partial charge in [0.05, 0.1) is 27.7 Å². The van der Waals surface area contributed by atoms with E-state index in [9.17, 15) is 19.0 Å². The summed E-state index contributed by atoms with van der Waals surface area (Å²) in [5.74, 6) is -0.803. The zero-order chi connectivity index (χ0) is 38.6. The highest BCUT2D eigenvalue weighted by Crippen LogP contribution is 2.43. The average Bonchev–Trinajstić information content (AvgIpc) is 3.09. The van der Waals surface area contributed by atoms with E-state index >= 15 is 0 Å². The predicted molar refractivity (Wildman–Crippen MR) is 215 cm³/mol. The van der Waals surface area contributed by atoms with E-state index in [2.05, 4.69) is 38.2 Å². The molecule has 0 aliphatic rings. The number of unbranched alkanes of at least 4 members (excludes halogenated alkanes) is 20. The van der Waals surface area contributed by atoms with E-state index in [1.807, 2.05) is 21.1 Å². The lowest BCUT2D eigenvalue weighted by atomic mass is 10.1. The van der Waals surface area contributed by atoms with Crippen molar-refractivity contribution in [2.45, 2.75) is 187 Å². The predicted octanol–water partition coefficient (Wildman–Crippen LogP) is 11.6. The molecule has 0 saturated carbocycles. The molecule has 1 N–H and O–H groups in total. The zero-order valence-corrected chi connectivity index (χ0v) is 35.2. The number of esters is 2. The summed E-state index contributed by atoms with van der Waals surface area (Å²) in [5, 5.41) is 0. The van der Waals surface area contributed by atoms with Gasteiger partial charge in [0.15, 0.2) is 6.10 Å². The summed E-state index contributed by atoms with van der Waals surface area (Å²) < 4.78 is 34.2. The highest BCUT2D eigenvalue weighted by Gasteiger charge is 2.27. The summed E-state index contributed by atoms with van der Waals surface area (Å²) in [6, 6.07) is 0. The molecule has 0 aliphatic heterocycles. The summed E-state index contributed by atoms with van der Waals surface area (Å²) in [7, 11) is 1.48. The Morgan fingerprint density at radius 1 is 0.596 bits per heavy atom. The fourth-order valence-corrected chi connectivity index (χ4v) is 6.37. The standard InChI is InChI=1S/C42H80NO8P/c1-6-8-10-12-14-16-17-18-19-20-21-22-23-24-25-27-29-31-33-35-42(45)51-40(39-50-52(46,47)49-37-36-43(3,4)5)38-48-41(44)34-32-30-28-26-15-13-11-9-7-2/h14,16,18-19,40H,6-13,15,17,20-39H2,1-5H3/p+1/b16-14+,19-18+/t40-/m1/s1. The lowest BCUT2D eigenvalue weighted by Crippen LogP contribution is -2.37. The number of phosphoric acid groups is 1. The summed E-state index contributed by atoms with van der Waals surface area (Å²) in [5.41, 5.74) is 0. The molecule has 9 nitrogen and oxygen atoms in total. The molecule has 0 rings (SSSR count). The van der Waals surface area contributed by atoms with Gasteiger partial charge in [-0.1, -0.05) is 147 Å². The van der Waals surface area contributed by atoms with Gasteiger partial charge in [-0.3, -0.25) is 18.6 Å². The van der Waals surface area contributed by atoms with Crippen LogP contribution in [-0.2, 0) is 32.7 Å². The normalized spacial score (nSPS) is 13.9. The van der Waals surface area contributed by atoms with E-state index in [-0.39, 0.29) is 25.6 Å². The highest BCUT2D eigenvalue weighted by molar-refractivity contribution is 7.47. The van der Waals surface area contributed by atoms with Crippen molar-refractivity contribution in [3.8, 4) is 0 Å². The number of hydrogen-bond donors (Lipinski definition) is 1. The second-order valence-corrected chi connectivity index (χ2v) is 16.8. The number of rotatable bonds is 38. The smallest absolute Gasteiger partial charge is 0.462 e. The van der Waals surface area contributed by atoms with E-state index < -0.39 is 26.5 Å². The first-order valence-corrected chi connectivity index (χ1v) is 22.6. The van der Waals surface area contributed by atoms with Crippen LogP contribution in [0.3, 0.4) is 0 Å². The summed E-state index contributed by atoms with van der Waals surface area (Å²) in [6.45, 7) is 4.37. The molecule has 1 unspecified atom stereocenters. The molecule has 0 aliphatic carbocycles. The minimum atomic E-state index is -4.37. The third-order valence-electron chi connectivity index (χ3n) is 8.98. The monoisotopic (exact) mass is 759 g/mol. The number of allylic oxidation sites excluding steroid dienone is 4. The van der Waals surface area contributed by atoms with Gasteiger partial charge in [0.1, 0.15) is 19.8 Å². The minimum Gasteiger partial charge on any atom is -0.462 e. The first-order valence-electron chi connectivity index (χ1n) is 21.1. The van der Waals surface area contributed by atoms with Gasteiger partial charge in [0, 0.05) is 12.8 Å². The molecule has 0 heterocycles. The molecule has 0 saturated heterocycles. The van der Waals surface area contributed by atoms with E-state index in [1.54, 1.807) is 0 Å². The lowest BCUT2D eigenvalue weighted by Gasteiger charge is -2.24. The first-order chi connectivity index (χ1) is 25.0. The Balaban J connectivity index is 4.31. The molecule has 0 aromatic carbocycles. The largest absolute Gasteiger partial charge is 0.472 e. The van der Waals surface area contributed by atoms with Gasteiger partial charge in [-0.05, 0) is 44.9 Å². The molecule has 0 amide bonds. The highest BCUT2D eigenvalue weighted by atomic mass is 31.2. The number of ether oxygens (including phenoxy) is 2. The van der Waals surface area contributed by atoms with Crippen LogP contribution in [0.5, 0.6) is 0 Å². The van der Waals surface area contributed by atoms with Crippen LogP contribution in [0.1, 0.15) is 181 Å². The fourth-order valence-electron chi connectivity index (χ4n) is 5.63. The Bertz CT molecular complexity index is 949. The van der Waals surface area contributed by atoms with Crippen LogP contribution in [-0.4, -0.2) is 74.9 Å². The van der Waals surface area contributed by atoms with Gasteiger partial charge in [-0.25, -0.2) is 4.57 Å². The molecule has 306 valence electrons. The fraction of sp³-hybridized carbons (Fsp3) is 0.857. The second kappa shape index (κ2) is 35.2. The Labute approximate surface area is 319 Å². The maximum atomic E-state index is 12.7. The number of likely N-dealkylation sites (N-methyl/N-ethyl adjacent to an activating group) is 1. The molecular formula is C42H81NO8P+. The Kier molecular flexibility index (Phi) is 34.2. The third-order valence-corrected chi connectivity index (χ3v) is 9.97. The van der Waals surface area contributed by atoms with Crippen LogP contribution >= 0.6 is 7.82 Å². The van der Waals surface area contributed by atoms with Crippen molar-refractivity contribution >= 4 is 19.8 Å². The molecule has 0 aromatic heterocycles. The van der Waals surface area contributed by atoms with Crippen LogP contribution < -0.4 is 0 Å². The van der Waals surface area contributed by atoms with Gasteiger partial charge in [-0.15, -0.1) is 0 Å². The van der Waals surface area contributed by atoms with Gasteiger partial charge >= 0.3 is 19.8 Å². The van der Waals surface area contributed by atoms with Crippen LogP contribution in [0.4, 0.5) is 0 Å². The first kappa shape index (κ1) is 50.5. The van der Waals surface area contributed by atoms with E-state index in [0.717, 1.165) is 44.9 Å². The van der Waals surface area contributed by atoms with Crippen molar-refractivity contribution in [3.05, 3.63) is 24.3 Å². The molecule has 2 atom stereocenters.